The zero-order chi connectivity index (χ0) is 18.0. The van der Waals surface area contributed by atoms with Gasteiger partial charge in [0, 0.05) is 31.9 Å². The fourth-order valence-electron chi connectivity index (χ4n) is 3.79. The van der Waals surface area contributed by atoms with Crippen LogP contribution in [-0.2, 0) is 4.79 Å². The first-order chi connectivity index (χ1) is 12.0. The number of rotatable bonds is 4. The van der Waals surface area contributed by atoms with Crippen molar-refractivity contribution in [2.75, 3.05) is 31.1 Å². The SMILES string of the molecule is CCN(CC)C(=O)[C@@H]1CCCN(c2ncnc3nc(C)cc(C)c23)C1. The summed E-state index contributed by atoms with van der Waals surface area (Å²) in [6.07, 6.45) is 3.53. The zero-order valence-corrected chi connectivity index (χ0v) is 15.6. The van der Waals surface area contributed by atoms with Gasteiger partial charge in [-0.15, -0.1) is 0 Å². The van der Waals surface area contributed by atoms with Crippen molar-refractivity contribution in [3.63, 3.8) is 0 Å². The molecular formula is C19H27N5O. The lowest BCUT2D eigenvalue weighted by Crippen LogP contribution is -2.45. The van der Waals surface area contributed by atoms with Crippen LogP contribution in [0, 0.1) is 19.8 Å². The Hall–Kier alpha value is -2.24. The lowest BCUT2D eigenvalue weighted by molar-refractivity contribution is -0.135. The minimum atomic E-state index is 0.0392. The summed E-state index contributed by atoms with van der Waals surface area (Å²) in [5, 5.41) is 1.00. The standard InChI is InChI=1S/C19H27N5O/c1-5-23(6-2)19(25)15-8-7-9-24(11-15)18-16-13(3)10-14(4)22-17(16)20-12-21-18/h10,12,15H,5-9,11H2,1-4H3/t15-/m1/s1. The molecule has 1 aliphatic rings. The second kappa shape index (κ2) is 7.33. The van der Waals surface area contributed by atoms with Gasteiger partial charge >= 0.3 is 0 Å². The Morgan fingerprint density at radius 3 is 2.76 bits per heavy atom. The molecule has 0 unspecified atom stereocenters. The Kier molecular flexibility index (Phi) is 5.16. The van der Waals surface area contributed by atoms with Crippen LogP contribution in [0.25, 0.3) is 11.0 Å². The van der Waals surface area contributed by atoms with Gasteiger partial charge in [-0.1, -0.05) is 0 Å². The number of fused-ring (bicyclic) bond motifs is 1. The summed E-state index contributed by atoms with van der Waals surface area (Å²) in [5.74, 6) is 1.21. The normalized spacial score (nSPS) is 17.8. The van der Waals surface area contributed by atoms with Gasteiger partial charge in [0.25, 0.3) is 0 Å². The van der Waals surface area contributed by atoms with Crippen LogP contribution in [-0.4, -0.2) is 51.9 Å². The van der Waals surface area contributed by atoms with Crippen LogP contribution in [0.3, 0.4) is 0 Å². The number of piperidine rings is 1. The highest BCUT2D eigenvalue weighted by atomic mass is 16.2. The molecule has 25 heavy (non-hydrogen) atoms. The van der Waals surface area contributed by atoms with Crippen molar-refractivity contribution in [2.45, 2.75) is 40.5 Å². The number of aromatic nitrogens is 3. The molecular weight excluding hydrogens is 314 g/mol. The van der Waals surface area contributed by atoms with E-state index in [0.717, 1.165) is 67.1 Å². The van der Waals surface area contributed by atoms with Crippen LogP contribution >= 0.6 is 0 Å². The Morgan fingerprint density at radius 1 is 1.28 bits per heavy atom. The van der Waals surface area contributed by atoms with E-state index in [4.69, 9.17) is 0 Å². The van der Waals surface area contributed by atoms with E-state index in [0.29, 0.717) is 0 Å². The summed E-state index contributed by atoms with van der Waals surface area (Å²) >= 11 is 0. The number of carbonyl (C=O) groups is 1. The first-order valence-corrected chi connectivity index (χ1v) is 9.17. The van der Waals surface area contributed by atoms with Crippen LogP contribution in [0.15, 0.2) is 12.4 Å². The molecule has 0 saturated carbocycles. The van der Waals surface area contributed by atoms with Gasteiger partial charge in [0.05, 0.1) is 11.3 Å². The molecule has 0 radical (unpaired) electrons. The van der Waals surface area contributed by atoms with E-state index >= 15 is 0 Å². The molecule has 1 aliphatic heterocycles. The molecule has 0 spiro atoms. The summed E-state index contributed by atoms with van der Waals surface area (Å²) in [5.41, 5.74) is 2.83. The van der Waals surface area contributed by atoms with Crippen LogP contribution in [0.1, 0.15) is 37.9 Å². The second-order valence-corrected chi connectivity index (χ2v) is 6.77. The van der Waals surface area contributed by atoms with Crippen LogP contribution < -0.4 is 4.90 Å². The maximum atomic E-state index is 12.8. The number of amides is 1. The van der Waals surface area contributed by atoms with E-state index in [-0.39, 0.29) is 11.8 Å². The van der Waals surface area contributed by atoms with E-state index in [2.05, 4.69) is 32.8 Å². The number of aryl methyl sites for hydroxylation is 2. The lowest BCUT2D eigenvalue weighted by atomic mass is 9.96. The summed E-state index contributed by atoms with van der Waals surface area (Å²) in [6, 6.07) is 2.07. The Labute approximate surface area is 149 Å². The monoisotopic (exact) mass is 341 g/mol. The molecule has 6 nitrogen and oxygen atoms in total. The summed E-state index contributed by atoms with van der Waals surface area (Å²) in [4.78, 5) is 30.4. The van der Waals surface area contributed by atoms with Crippen LogP contribution in [0.4, 0.5) is 5.82 Å². The maximum Gasteiger partial charge on any atom is 0.227 e. The Balaban J connectivity index is 1.92. The van der Waals surface area contributed by atoms with Crippen molar-refractivity contribution < 1.29 is 4.79 Å². The quantitative estimate of drug-likeness (QED) is 0.856. The van der Waals surface area contributed by atoms with Gasteiger partial charge in [-0.3, -0.25) is 4.79 Å². The molecule has 1 atom stereocenters. The van der Waals surface area contributed by atoms with E-state index in [1.54, 1.807) is 6.33 Å². The van der Waals surface area contributed by atoms with Crippen molar-refractivity contribution in [1.82, 2.24) is 19.9 Å². The molecule has 2 aromatic heterocycles. The van der Waals surface area contributed by atoms with Gasteiger partial charge < -0.3 is 9.80 Å². The molecule has 0 N–H and O–H groups in total. The molecule has 1 fully saturated rings. The van der Waals surface area contributed by atoms with Crippen molar-refractivity contribution >= 4 is 22.8 Å². The number of hydrogen-bond acceptors (Lipinski definition) is 5. The predicted molar refractivity (Wildman–Crippen MR) is 99.7 cm³/mol. The highest BCUT2D eigenvalue weighted by molar-refractivity contribution is 5.90. The number of hydrogen-bond donors (Lipinski definition) is 0. The zero-order valence-electron chi connectivity index (χ0n) is 15.6. The van der Waals surface area contributed by atoms with E-state index in [9.17, 15) is 4.79 Å². The summed E-state index contributed by atoms with van der Waals surface area (Å²) in [6.45, 7) is 11.3. The number of nitrogens with zero attached hydrogens (tertiary/aromatic N) is 5. The highest BCUT2D eigenvalue weighted by Gasteiger charge is 2.30. The molecule has 6 heteroatoms. The molecule has 0 aromatic carbocycles. The molecule has 134 valence electrons. The van der Waals surface area contributed by atoms with Gasteiger partial charge in [0.2, 0.25) is 5.91 Å². The number of anilines is 1. The minimum absolute atomic E-state index is 0.0392. The largest absolute Gasteiger partial charge is 0.355 e. The number of carbonyl (C=O) groups excluding carboxylic acids is 1. The molecule has 3 rings (SSSR count). The van der Waals surface area contributed by atoms with Crippen molar-refractivity contribution in [2.24, 2.45) is 5.92 Å². The van der Waals surface area contributed by atoms with Crippen molar-refractivity contribution in [1.29, 1.82) is 0 Å². The lowest BCUT2D eigenvalue weighted by Gasteiger charge is -2.35. The molecule has 1 saturated heterocycles. The fraction of sp³-hybridized carbons (Fsp3) is 0.579. The molecule has 1 amide bonds. The fourth-order valence-corrected chi connectivity index (χ4v) is 3.79. The maximum absolute atomic E-state index is 12.8. The topological polar surface area (TPSA) is 62.2 Å². The van der Waals surface area contributed by atoms with Crippen LogP contribution in [0.2, 0.25) is 0 Å². The Bertz CT molecular complexity index is 772. The van der Waals surface area contributed by atoms with Crippen molar-refractivity contribution in [3.8, 4) is 0 Å². The average molecular weight is 341 g/mol. The number of pyridine rings is 1. The minimum Gasteiger partial charge on any atom is -0.355 e. The molecule has 0 bridgehead atoms. The van der Waals surface area contributed by atoms with Crippen LogP contribution in [0.5, 0.6) is 0 Å². The third kappa shape index (κ3) is 3.43. The molecule has 2 aromatic rings. The van der Waals surface area contributed by atoms with Gasteiger partial charge in [-0.05, 0) is 52.2 Å². The first-order valence-electron chi connectivity index (χ1n) is 9.17. The van der Waals surface area contributed by atoms with E-state index < -0.39 is 0 Å². The summed E-state index contributed by atoms with van der Waals surface area (Å²) < 4.78 is 0. The van der Waals surface area contributed by atoms with E-state index in [1.165, 1.54) is 0 Å². The van der Waals surface area contributed by atoms with Gasteiger partial charge in [0.15, 0.2) is 5.65 Å². The third-order valence-corrected chi connectivity index (χ3v) is 5.05. The smallest absolute Gasteiger partial charge is 0.227 e. The molecule has 0 aliphatic carbocycles. The summed E-state index contributed by atoms with van der Waals surface area (Å²) in [7, 11) is 0. The molecule has 3 heterocycles. The highest BCUT2D eigenvalue weighted by Crippen LogP contribution is 2.29. The van der Waals surface area contributed by atoms with Gasteiger partial charge in [-0.25, -0.2) is 15.0 Å². The third-order valence-electron chi connectivity index (χ3n) is 5.05. The average Bonchev–Trinajstić information content (AvgIpc) is 2.62. The first kappa shape index (κ1) is 17.6. The Morgan fingerprint density at radius 2 is 2.04 bits per heavy atom. The van der Waals surface area contributed by atoms with Gasteiger partial charge in [-0.2, -0.15) is 0 Å². The van der Waals surface area contributed by atoms with Gasteiger partial charge in [0.1, 0.15) is 12.1 Å². The second-order valence-electron chi connectivity index (χ2n) is 6.77. The van der Waals surface area contributed by atoms with E-state index in [1.807, 2.05) is 25.7 Å². The predicted octanol–water partition coefficient (Wildman–Crippen LogP) is 2.73. The van der Waals surface area contributed by atoms with Crippen molar-refractivity contribution in [3.05, 3.63) is 23.7 Å².